The predicted octanol–water partition coefficient (Wildman–Crippen LogP) is 3.31. The number of carbonyl (C=O) groups is 1. The van der Waals surface area contributed by atoms with Crippen LogP contribution in [0, 0.1) is 5.82 Å². The van der Waals surface area contributed by atoms with E-state index in [1.807, 2.05) is 4.57 Å². The minimum atomic E-state index is -3.67. The quantitative estimate of drug-likeness (QED) is 0.634. The van der Waals surface area contributed by atoms with Gasteiger partial charge >= 0.3 is 0 Å². The molecule has 0 saturated heterocycles. The van der Waals surface area contributed by atoms with Crippen molar-refractivity contribution < 1.29 is 17.6 Å². The second kappa shape index (κ2) is 8.79. The first-order valence-electron chi connectivity index (χ1n) is 10.3. The summed E-state index contributed by atoms with van der Waals surface area (Å²) in [6.45, 7) is 0.723. The number of fused-ring (bicyclic) bond motifs is 1. The van der Waals surface area contributed by atoms with E-state index in [0.29, 0.717) is 11.5 Å². The summed E-state index contributed by atoms with van der Waals surface area (Å²) in [4.78, 5) is 12.8. The third-order valence-corrected chi connectivity index (χ3v) is 7.26. The fourth-order valence-electron chi connectivity index (χ4n) is 3.67. The molecule has 1 amide bonds. The largest absolute Gasteiger partial charge is 0.322 e. The summed E-state index contributed by atoms with van der Waals surface area (Å²) in [6.07, 6.45) is 3.89. The number of amides is 1. The summed E-state index contributed by atoms with van der Waals surface area (Å²) >= 11 is 0. The minimum absolute atomic E-state index is 0.0149. The van der Waals surface area contributed by atoms with Crippen molar-refractivity contribution >= 4 is 21.6 Å². The molecule has 2 aromatic carbocycles. The van der Waals surface area contributed by atoms with Gasteiger partial charge in [-0.25, -0.2) is 17.1 Å². The highest BCUT2D eigenvalue weighted by Crippen LogP contribution is 2.28. The van der Waals surface area contributed by atoms with E-state index in [4.69, 9.17) is 0 Å². The zero-order valence-corrected chi connectivity index (χ0v) is 18.7. The van der Waals surface area contributed by atoms with E-state index in [2.05, 4.69) is 15.5 Å². The Balaban J connectivity index is 1.62. The topological polar surface area (TPSA) is 97.2 Å². The van der Waals surface area contributed by atoms with E-state index < -0.39 is 21.7 Å². The van der Waals surface area contributed by atoms with Gasteiger partial charge in [0.15, 0.2) is 5.82 Å². The lowest BCUT2D eigenvalue weighted by Gasteiger charge is -2.13. The number of hydrogen-bond donors (Lipinski definition) is 1. The van der Waals surface area contributed by atoms with Crippen LogP contribution in [0.2, 0.25) is 0 Å². The van der Waals surface area contributed by atoms with Crippen molar-refractivity contribution in [3.8, 4) is 11.4 Å². The second-order valence-corrected chi connectivity index (χ2v) is 10.0. The van der Waals surface area contributed by atoms with Crippen LogP contribution < -0.4 is 5.32 Å². The Hall–Kier alpha value is -3.11. The summed E-state index contributed by atoms with van der Waals surface area (Å²) < 4.78 is 42.4. The van der Waals surface area contributed by atoms with Crippen molar-refractivity contribution in [1.82, 2.24) is 19.1 Å². The molecule has 3 aromatic rings. The van der Waals surface area contributed by atoms with Crippen molar-refractivity contribution in [2.75, 3.05) is 19.4 Å². The molecule has 0 unspecified atom stereocenters. The number of rotatable bonds is 5. The molecule has 0 aliphatic carbocycles. The van der Waals surface area contributed by atoms with E-state index in [1.54, 1.807) is 0 Å². The monoisotopic (exact) mass is 457 g/mol. The maximum Gasteiger partial charge on any atom is 0.255 e. The molecule has 1 aliphatic rings. The molecule has 168 valence electrons. The molecule has 0 bridgehead atoms. The molecular weight excluding hydrogens is 433 g/mol. The molecule has 0 radical (unpaired) electrons. The summed E-state index contributed by atoms with van der Waals surface area (Å²) in [7, 11) is -0.826. The molecule has 0 atom stereocenters. The van der Waals surface area contributed by atoms with Gasteiger partial charge in [-0.3, -0.25) is 4.79 Å². The van der Waals surface area contributed by atoms with Crippen LogP contribution in [0.4, 0.5) is 10.1 Å². The number of aryl methyl sites for hydroxylation is 1. The summed E-state index contributed by atoms with van der Waals surface area (Å²) in [5.41, 5.74) is 0.806. The van der Waals surface area contributed by atoms with Crippen molar-refractivity contribution in [2.45, 2.75) is 37.1 Å². The number of nitrogens with zero attached hydrogens (tertiary/aromatic N) is 4. The van der Waals surface area contributed by atoms with E-state index in [0.717, 1.165) is 42.4 Å². The number of anilines is 1. The van der Waals surface area contributed by atoms with Gasteiger partial charge in [0.1, 0.15) is 11.6 Å². The first-order chi connectivity index (χ1) is 15.3. The van der Waals surface area contributed by atoms with E-state index in [1.165, 1.54) is 56.6 Å². The van der Waals surface area contributed by atoms with Crippen LogP contribution >= 0.6 is 0 Å². The van der Waals surface area contributed by atoms with Crippen molar-refractivity contribution in [2.24, 2.45) is 0 Å². The van der Waals surface area contributed by atoms with Gasteiger partial charge in [0.05, 0.1) is 10.5 Å². The highest BCUT2D eigenvalue weighted by molar-refractivity contribution is 7.89. The molecular formula is C22H24FN5O3S. The number of sulfonamides is 1. The second-order valence-electron chi connectivity index (χ2n) is 7.87. The predicted molar refractivity (Wildman–Crippen MR) is 118 cm³/mol. The van der Waals surface area contributed by atoms with E-state index >= 15 is 0 Å². The lowest BCUT2D eigenvalue weighted by molar-refractivity contribution is 0.102. The van der Waals surface area contributed by atoms with E-state index in [9.17, 15) is 17.6 Å². The molecule has 1 aromatic heterocycles. The van der Waals surface area contributed by atoms with Crippen LogP contribution in [0.1, 0.15) is 35.4 Å². The van der Waals surface area contributed by atoms with Crippen LogP contribution in [0.5, 0.6) is 0 Å². The normalized spacial score (nSPS) is 14.1. The molecule has 1 N–H and O–H groups in total. The lowest BCUT2D eigenvalue weighted by Crippen LogP contribution is -2.22. The smallest absolute Gasteiger partial charge is 0.255 e. The summed E-state index contributed by atoms with van der Waals surface area (Å²) in [6, 6.07) is 10.0. The van der Waals surface area contributed by atoms with Crippen LogP contribution in [0.25, 0.3) is 11.4 Å². The van der Waals surface area contributed by atoms with Crippen LogP contribution in [0.15, 0.2) is 47.4 Å². The van der Waals surface area contributed by atoms with Crippen LogP contribution in [-0.4, -0.2) is 47.5 Å². The average Bonchev–Trinajstić information content (AvgIpc) is 3.02. The molecule has 2 heterocycles. The third-order valence-electron chi connectivity index (χ3n) is 5.45. The number of carbonyl (C=O) groups excluding carboxylic acids is 1. The molecule has 0 fully saturated rings. The molecule has 1 aliphatic heterocycles. The third kappa shape index (κ3) is 4.28. The van der Waals surface area contributed by atoms with Gasteiger partial charge in [-0.2, -0.15) is 0 Å². The Bertz CT molecular complexity index is 1270. The van der Waals surface area contributed by atoms with E-state index in [-0.39, 0.29) is 16.0 Å². The molecule has 0 spiro atoms. The fourth-order valence-corrected chi connectivity index (χ4v) is 4.62. The van der Waals surface area contributed by atoms with Crippen LogP contribution in [0.3, 0.4) is 0 Å². The maximum absolute atomic E-state index is 14.7. The number of halogens is 1. The first-order valence-corrected chi connectivity index (χ1v) is 11.8. The van der Waals surface area contributed by atoms with Gasteiger partial charge in [-0.05, 0) is 49.2 Å². The maximum atomic E-state index is 14.7. The summed E-state index contributed by atoms with van der Waals surface area (Å²) in [5.74, 6) is 0.319. The fraction of sp³-hybridized carbons (Fsp3) is 0.318. The molecule has 8 nitrogen and oxygen atoms in total. The van der Waals surface area contributed by atoms with Gasteiger partial charge in [-0.15, -0.1) is 10.2 Å². The summed E-state index contributed by atoms with van der Waals surface area (Å²) in [5, 5.41) is 11.1. The first kappa shape index (κ1) is 22.1. The van der Waals surface area contributed by atoms with Gasteiger partial charge in [0, 0.05) is 38.3 Å². The van der Waals surface area contributed by atoms with Crippen molar-refractivity contribution in [3.05, 3.63) is 59.7 Å². The zero-order chi connectivity index (χ0) is 22.9. The highest BCUT2D eigenvalue weighted by atomic mass is 32.2. The molecule has 0 saturated carbocycles. The highest BCUT2D eigenvalue weighted by Gasteiger charge is 2.21. The van der Waals surface area contributed by atoms with Gasteiger partial charge in [0.25, 0.3) is 5.91 Å². The lowest BCUT2D eigenvalue weighted by atomic mass is 10.1. The zero-order valence-electron chi connectivity index (χ0n) is 17.9. The molecule has 32 heavy (non-hydrogen) atoms. The van der Waals surface area contributed by atoms with Gasteiger partial charge in [0.2, 0.25) is 10.0 Å². The molecule has 4 rings (SSSR count). The standard InChI is InChI=1S/C22H24FN5O3S/c1-27(2)32(30,31)17-8-6-7-15(13-17)22(29)24-16-10-11-19(23)18(14-16)21-26-25-20-9-4-3-5-12-28(20)21/h6-8,10-11,13-14H,3-5,9,12H2,1-2H3,(H,24,29). The SMILES string of the molecule is CN(C)S(=O)(=O)c1cccc(C(=O)Nc2ccc(F)c(-c3nnc4n3CCCCC4)c2)c1. The number of aromatic nitrogens is 3. The Kier molecular flexibility index (Phi) is 6.07. The van der Waals surface area contributed by atoms with Crippen LogP contribution in [-0.2, 0) is 23.0 Å². The Morgan fingerprint density at radius 1 is 1.09 bits per heavy atom. The average molecular weight is 458 g/mol. The minimum Gasteiger partial charge on any atom is -0.322 e. The molecule has 10 heteroatoms. The number of hydrogen-bond acceptors (Lipinski definition) is 5. The Morgan fingerprint density at radius 3 is 2.69 bits per heavy atom. The van der Waals surface area contributed by atoms with Gasteiger partial charge in [-0.1, -0.05) is 12.5 Å². The van der Waals surface area contributed by atoms with Crippen molar-refractivity contribution in [1.29, 1.82) is 0 Å². The van der Waals surface area contributed by atoms with Crippen molar-refractivity contribution in [3.63, 3.8) is 0 Å². The Morgan fingerprint density at radius 2 is 1.91 bits per heavy atom. The number of benzene rings is 2. The Labute approximate surface area is 186 Å². The van der Waals surface area contributed by atoms with Gasteiger partial charge < -0.3 is 9.88 Å². The number of nitrogens with one attached hydrogen (secondary N) is 1.